The van der Waals surface area contributed by atoms with Crippen molar-refractivity contribution in [2.75, 3.05) is 0 Å². The summed E-state index contributed by atoms with van der Waals surface area (Å²) in [7, 11) is 0. The Bertz CT molecular complexity index is 4730. The zero-order valence-electron chi connectivity index (χ0n) is 39.8. The molecule has 12 aromatic carbocycles. The molecule has 0 saturated heterocycles. The molecule has 3 aromatic heterocycles. The van der Waals surface area contributed by atoms with Crippen LogP contribution in [-0.4, -0.2) is 15.0 Å². The van der Waals surface area contributed by atoms with Crippen LogP contribution in [0.5, 0.6) is 0 Å². The van der Waals surface area contributed by atoms with Gasteiger partial charge in [-0.1, -0.05) is 194 Å². The molecule has 3 heterocycles. The van der Waals surface area contributed by atoms with Crippen LogP contribution in [0.25, 0.3) is 153 Å². The van der Waals surface area contributed by atoms with Gasteiger partial charge in [-0.2, -0.15) is 0 Å². The number of rotatable bonds is 7. The third kappa shape index (κ3) is 7.16. The molecule has 0 unspecified atom stereocenters. The minimum Gasteiger partial charge on any atom is -0.456 e. The number of benzene rings is 12. The van der Waals surface area contributed by atoms with E-state index >= 15 is 0 Å². The van der Waals surface area contributed by atoms with Gasteiger partial charge in [0.1, 0.15) is 11.2 Å². The van der Waals surface area contributed by atoms with Gasteiger partial charge in [-0.05, 0) is 131 Å². The molecule has 0 amide bonds. The number of fused-ring (bicyclic) bond motifs is 9. The second kappa shape index (κ2) is 17.1. The lowest BCUT2D eigenvalue weighted by Gasteiger charge is -2.15. The fourth-order valence-corrected chi connectivity index (χ4v) is 12.2. The predicted octanol–water partition coefficient (Wildman–Crippen LogP) is 19.3. The van der Waals surface area contributed by atoms with E-state index in [-0.39, 0.29) is 0 Å². The van der Waals surface area contributed by atoms with Crippen molar-refractivity contribution in [3.8, 4) is 78.7 Å². The van der Waals surface area contributed by atoms with Gasteiger partial charge in [-0.15, -0.1) is 11.3 Å². The van der Waals surface area contributed by atoms with Crippen molar-refractivity contribution in [3.63, 3.8) is 0 Å². The van der Waals surface area contributed by atoms with Gasteiger partial charge in [-0.3, -0.25) is 0 Å². The second-order valence-corrected chi connectivity index (χ2v) is 20.2. The third-order valence-corrected chi connectivity index (χ3v) is 15.8. The first kappa shape index (κ1) is 42.2. The van der Waals surface area contributed by atoms with Gasteiger partial charge in [0.2, 0.25) is 0 Å². The standard InChI is InChI=1S/C69H41N3OS/c1-2-13-42(14-3-1)44-25-27-45(28-26-44)47-19-12-20-48(35-47)53-38-60(66-61-37-49-17-6-7-18-50(49)39-62(61)73-63(66)40-53)56-33-34-59(55-22-9-8-21-54(55)56)69-71-67(51-30-29-43-15-4-5-16-46(43)36-51)70-68(72-69)52-31-32-58-57-23-10-11-24-64(57)74-65(58)41-52/h1-41H. The molecule has 5 heteroatoms. The zero-order chi connectivity index (χ0) is 48.7. The quantitative estimate of drug-likeness (QED) is 0.160. The average molecular weight is 960 g/mol. The summed E-state index contributed by atoms with van der Waals surface area (Å²) >= 11 is 1.80. The molecule has 344 valence electrons. The summed E-state index contributed by atoms with van der Waals surface area (Å²) in [6.07, 6.45) is 0. The molecule has 0 aliphatic carbocycles. The summed E-state index contributed by atoms with van der Waals surface area (Å²) in [5.74, 6) is 1.87. The van der Waals surface area contributed by atoms with Gasteiger partial charge in [-0.25, -0.2) is 15.0 Å². The molecule has 0 aliphatic rings. The van der Waals surface area contributed by atoms with Gasteiger partial charge >= 0.3 is 0 Å². The van der Waals surface area contributed by atoms with E-state index in [9.17, 15) is 0 Å². The van der Waals surface area contributed by atoms with E-state index in [4.69, 9.17) is 19.4 Å². The molecule has 0 fully saturated rings. The fourth-order valence-electron chi connectivity index (χ4n) is 11.0. The predicted molar refractivity (Wildman–Crippen MR) is 311 cm³/mol. The maximum Gasteiger partial charge on any atom is 0.164 e. The van der Waals surface area contributed by atoms with Gasteiger partial charge in [0, 0.05) is 47.6 Å². The molecule has 0 aliphatic heterocycles. The van der Waals surface area contributed by atoms with Gasteiger partial charge in [0.15, 0.2) is 17.5 Å². The Labute approximate surface area is 430 Å². The van der Waals surface area contributed by atoms with Crippen LogP contribution in [0, 0.1) is 0 Å². The van der Waals surface area contributed by atoms with E-state index in [1.54, 1.807) is 11.3 Å². The molecule has 0 saturated carbocycles. The lowest BCUT2D eigenvalue weighted by molar-refractivity contribution is 0.669. The Hall–Kier alpha value is -9.55. The Balaban J connectivity index is 0.916. The van der Waals surface area contributed by atoms with Gasteiger partial charge < -0.3 is 4.42 Å². The molecule has 0 atom stereocenters. The third-order valence-electron chi connectivity index (χ3n) is 14.7. The number of furan rings is 1. The molecule has 15 rings (SSSR count). The van der Waals surface area contributed by atoms with E-state index in [1.807, 2.05) is 0 Å². The molecule has 0 radical (unpaired) electrons. The zero-order valence-corrected chi connectivity index (χ0v) is 40.6. The SMILES string of the molecule is c1ccc(-c2ccc(-c3cccc(-c4cc(-c5ccc(-c6nc(-c7ccc8ccccc8c7)nc(-c7ccc8c(c7)sc7ccccc78)n6)c6ccccc56)c5c(c4)oc4cc6ccccc6cc45)c3)cc2)cc1. The monoisotopic (exact) mass is 959 g/mol. The number of hydrogen-bond acceptors (Lipinski definition) is 5. The first-order valence-corrected chi connectivity index (χ1v) is 25.8. The smallest absolute Gasteiger partial charge is 0.164 e. The van der Waals surface area contributed by atoms with Crippen molar-refractivity contribution < 1.29 is 4.42 Å². The van der Waals surface area contributed by atoms with Crippen LogP contribution in [0.4, 0.5) is 0 Å². The molecule has 15 aromatic rings. The minimum atomic E-state index is 0.616. The Morgan fingerprint density at radius 2 is 0.797 bits per heavy atom. The van der Waals surface area contributed by atoms with Crippen LogP contribution in [0.3, 0.4) is 0 Å². The molecule has 0 spiro atoms. The molecule has 4 nitrogen and oxygen atoms in total. The summed E-state index contributed by atoms with van der Waals surface area (Å²) in [6, 6.07) is 89.0. The Morgan fingerprint density at radius 3 is 1.58 bits per heavy atom. The van der Waals surface area contributed by atoms with E-state index in [0.717, 1.165) is 93.6 Å². The van der Waals surface area contributed by atoms with Crippen molar-refractivity contribution in [2.24, 2.45) is 0 Å². The molecular formula is C69H41N3OS. The van der Waals surface area contributed by atoms with Gasteiger partial charge in [0.05, 0.1) is 0 Å². The summed E-state index contributed by atoms with van der Waals surface area (Å²) in [5, 5.41) is 11.4. The van der Waals surface area contributed by atoms with E-state index in [2.05, 4.69) is 249 Å². The summed E-state index contributed by atoms with van der Waals surface area (Å²) in [4.78, 5) is 15.9. The normalized spacial score (nSPS) is 11.8. The number of hydrogen-bond donors (Lipinski definition) is 0. The van der Waals surface area contributed by atoms with Crippen LogP contribution in [-0.2, 0) is 0 Å². The fraction of sp³-hybridized carbons (Fsp3) is 0. The van der Waals surface area contributed by atoms with Crippen LogP contribution in [0.1, 0.15) is 0 Å². The molecule has 74 heavy (non-hydrogen) atoms. The highest BCUT2D eigenvalue weighted by Gasteiger charge is 2.21. The van der Waals surface area contributed by atoms with Crippen molar-refractivity contribution in [3.05, 3.63) is 249 Å². The van der Waals surface area contributed by atoms with Crippen molar-refractivity contribution >= 4 is 85.8 Å². The highest BCUT2D eigenvalue weighted by atomic mass is 32.1. The lowest BCUT2D eigenvalue weighted by Crippen LogP contribution is -2.01. The first-order valence-electron chi connectivity index (χ1n) is 25.0. The maximum absolute atomic E-state index is 6.91. The van der Waals surface area contributed by atoms with Crippen molar-refractivity contribution in [1.82, 2.24) is 15.0 Å². The average Bonchev–Trinajstić information content (AvgIpc) is 4.04. The Kier molecular flexibility index (Phi) is 9.72. The largest absolute Gasteiger partial charge is 0.456 e. The topological polar surface area (TPSA) is 51.8 Å². The first-order chi connectivity index (χ1) is 36.6. The van der Waals surface area contributed by atoms with E-state index in [1.165, 1.54) is 42.1 Å². The number of aromatic nitrogens is 3. The van der Waals surface area contributed by atoms with Gasteiger partial charge in [0.25, 0.3) is 0 Å². The maximum atomic E-state index is 6.91. The van der Waals surface area contributed by atoms with Crippen molar-refractivity contribution in [1.29, 1.82) is 0 Å². The van der Waals surface area contributed by atoms with Crippen LogP contribution in [0.15, 0.2) is 253 Å². The lowest BCUT2D eigenvalue weighted by atomic mass is 9.89. The number of thiophene rings is 1. The van der Waals surface area contributed by atoms with E-state index in [0.29, 0.717) is 17.5 Å². The van der Waals surface area contributed by atoms with Crippen LogP contribution < -0.4 is 0 Å². The second-order valence-electron chi connectivity index (χ2n) is 19.1. The Morgan fingerprint density at radius 1 is 0.257 bits per heavy atom. The minimum absolute atomic E-state index is 0.616. The van der Waals surface area contributed by atoms with Crippen LogP contribution in [0.2, 0.25) is 0 Å². The summed E-state index contributed by atoms with van der Waals surface area (Å²) < 4.78 is 9.38. The highest BCUT2D eigenvalue weighted by Crippen LogP contribution is 2.45. The molecular weight excluding hydrogens is 919 g/mol. The summed E-state index contributed by atoms with van der Waals surface area (Å²) in [6.45, 7) is 0. The molecule has 0 bridgehead atoms. The number of nitrogens with zero attached hydrogens (tertiary/aromatic N) is 3. The van der Waals surface area contributed by atoms with Crippen molar-refractivity contribution in [2.45, 2.75) is 0 Å². The summed E-state index contributed by atoms with van der Waals surface area (Å²) in [5.41, 5.74) is 13.6. The highest BCUT2D eigenvalue weighted by molar-refractivity contribution is 7.25. The van der Waals surface area contributed by atoms with E-state index < -0.39 is 0 Å². The molecule has 0 N–H and O–H groups in total. The van der Waals surface area contributed by atoms with Crippen LogP contribution >= 0.6 is 11.3 Å².